The Morgan fingerprint density at radius 1 is 1.16 bits per heavy atom. The molecule has 0 N–H and O–H groups in total. The highest BCUT2D eigenvalue weighted by atomic mass is 19.4. The third-order valence-corrected chi connectivity index (χ3v) is 6.53. The van der Waals surface area contributed by atoms with E-state index in [9.17, 15) is 32.3 Å². The summed E-state index contributed by atoms with van der Waals surface area (Å²) in [7, 11) is 1.51. The van der Waals surface area contributed by atoms with E-state index in [1.54, 1.807) is 6.92 Å². The number of hydrogen-bond donors (Lipinski definition) is 0. The molecular weight excluding hydrogens is 495 g/mol. The summed E-state index contributed by atoms with van der Waals surface area (Å²) in [5.74, 6) is -1.61. The molecule has 0 bridgehead atoms. The minimum absolute atomic E-state index is 0.00636. The van der Waals surface area contributed by atoms with Crippen LogP contribution in [0.4, 0.5) is 13.2 Å². The molecule has 5 rings (SSSR count). The molecule has 192 valence electrons. The monoisotopic (exact) mass is 515 g/mol. The van der Waals surface area contributed by atoms with Gasteiger partial charge in [0.15, 0.2) is 5.58 Å². The Labute approximate surface area is 205 Å². The first-order valence-corrected chi connectivity index (χ1v) is 11.4. The van der Waals surface area contributed by atoms with Gasteiger partial charge < -0.3 is 9.15 Å². The first-order valence-electron chi connectivity index (χ1n) is 11.4. The van der Waals surface area contributed by atoms with Gasteiger partial charge >= 0.3 is 23.6 Å². The number of ether oxygens (including phenoxy) is 1. The van der Waals surface area contributed by atoms with Crippen LogP contribution in [-0.2, 0) is 24.4 Å². The van der Waals surface area contributed by atoms with Gasteiger partial charge in [-0.05, 0) is 49.1 Å². The molecule has 1 aliphatic carbocycles. The number of alkyl halides is 3. The van der Waals surface area contributed by atoms with Crippen molar-refractivity contribution in [3.63, 3.8) is 0 Å². The van der Waals surface area contributed by atoms with E-state index in [1.165, 1.54) is 41.9 Å². The molecule has 4 aromatic rings. The third kappa shape index (κ3) is 3.88. The predicted octanol–water partition coefficient (Wildman–Crippen LogP) is 3.18. The molecule has 0 amide bonds. The van der Waals surface area contributed by atoms with E-state index in [2.05, 4.69) is 0 Å². The Kier molecular flexibility index (Phi) is 5.69. The van der Waals surface area contributed by atoms with E-state index >= 15 is 0 Å². The second kappa shape index (κ2) is 8.64. The molecule has 0 fully saturated rings. The normalized spacial score (nSPS) is 15.2. The van der Waals surface area contributed by atoms with Gasteiger partial charge in [0.1, 0.15) is 5.56 Å². The number of aryl methyl sites for hydroxylation is 1. The van der Waals surface area contributed by atoms with E-state index in [-0.39, 0.29) is 41.8 Å². The molecule has 0 unspecified atom stereocenters. The molecule has 0 saturated carbocycles. The Morgan fingerprint density at radius 3 is 2.62 bits per heavy atom. The summed E-state index contributed by atoms with van der Waals surface area (Å²) in [4.78, 5) is 51.6. The number of hydrogen-bond acceptors (Lipinski definition) is 6. The van der Waals surface area contributed by atoms with Gasteiger partial charge in [-0.3, -0.25) is 18.5 Å². The molecule has 0 saturated heterocycles. The summed E-state index contributed by atoms with van der Waals surface area (Å²) in [6.07, 6.45) is -3.53. The van der Waals surface area contributed by atoms with Crippen molar-refractivity contribution in [1.82, 2.24) is 13.7 Å². The summed E-state index contributed by atoms with van der Waals surface area (Å²) >= 11 is 0. The van der Waals surface area contributed by atoms with Crippen molar-refractivity contribution in [2.24, 2.45) is 7.05 Å². The van der Waals surface area contributed by atoms with Gasteiger partial charge in [0.2, 0.25) is 0 Å². The molecule has 0 spiro atoms. The van der Waals surface area contributed by atoms with Crippen molar-refractivity contribution < 1.29 is 27.1 Å². The van der Waals surface area contributed by atoms with Crippen molar-refractivity contribution in [2.75, 3.05) is 6.61 Å². The zero-order chi connectivity index (χ0) is 26.6. The van der Waals surface area contributed by atoms with E-state index in [1.807, 2.05) is 0 Å². The lowest BCUT2D eigenvalue weighted by molar-refractivity contribution is -0.138. The Balaban J connectivity index is 1.76. The van der Waals surface area contributed by atoms with Gasteiger partial charge in [0.25, 0.3) is 5.56 Å². The molecule has 12 heteroatoms. The van der Waals surface area contributed by atoms with Crippen molar-refractivity contribution in [2.45, 2.75) is 32.0 Å². The lowest BCUT2D eigenvalue weighted by atomic mass is 10.0. The average molecular weight is 515 g/mol. The van der Waals surface area contributed by atoms with Crippen molar-refractivity contribution in [1.29, 1.82) is 0 Å². The Morgan fingerprint density at radius 2 is 1.92 bits per heavy atom. The maximum absolute atomic E-state index is 13.7. The third-order valence-electron chi connectivity index (χ3n) is 6.53. The maximum Gasteiger partial charge on any atom is 0.419 e. The van der Waals surface area contributed by atoms with Crippen molar-refractivity contribution >= 4 is 17.1 Å². The SMILES string of the molecule is CCOC(=O)c1cn(-c2ccc3c(c2)oc(=O)n3C)c(=O)n([C@H]2CCc3c2cccc3C(F)(F)F)c1=O. The number of carbonyl (C=O) groups excluding carboxylic acids is 1. The molecule has 2 aromatic carbocycles. The van der Waals surface area contributed by atoms with Crippen LogP contribution >= 0.6 is 0 Å². The largest absolute Gasteiger partial charge is 0.462 e. The number of carbonyl (C=O) groups is 1. The fraction of sp³-hybridized carbons (Fsp3) is 0.280. The highest BCUT2D eigenvalue weighted by Gasteiger charge is 2.38. The predicted molar refractivity (Wildman–Crippen MR) is 125 cm³/mol. The summed E-state index contributed by atoms with van der Waals surface area (Å²) < 4.78 is 54.1. The number of halogens is 3. The Bertz CT molecular complexity index is 1740. The van der Waals surface area contributed by atoms with Gasteiger partial charge in [-0.1, -0.05) is 12.1 Å². The Hall–Kier alpha value is -4.35. The summed E-state index contributed by atoms with van der Waals surface area (Å²) in [5.41, 5.74) is -2.15. The number of esters is 1. The molecule has 0 aliphatic heterocycles. The quantitative estimate of drug-likeness (QED) is 0.387. The summed E-state index contributed by atoms with van der Waals surface area (Å²) in [6.45, 7) is 1.50. The fourth-order valence-electron chi connectivity index (χ4n) is 4.82. The number of benzene rings is 2. The molecule has 37 heavy (non-hydrogen) atoms. The standard InChI is InChI=1S/C25H20F3N3O6/c1-3-36-22(33)16-12-30(13-7-9-19-20(11-13)37-24(35)29(19)2)23(34)31(21(16)32)18-10-8-14-15(18)5-4-6-17(14)25(26,27)28/h4-7,9,11-12,18H,3,8,10H2,1-2H3/t18-/m0/s1. The first kappa shape index (κ1) is 24.3. The van der Waals surface area contributed by atoms with Gasteiger partial charge in [0.05, 0.1) is 29.4 Å². The van der Waals surface area contributed by atoms with Crippen LogP contribution in [0.15, 0.2) is 61.4 Å². The van der Waals surface area contributed by atoms with Crippen LogP contribution in [-0.4, -0.2) is 26.3 Å². The van der Waals surface area contributed by atoms with E-state index in [0.29, 0.717) is 5.52 Å². The number of aromatic nitrogens is 3. The van der Waals surface area contributed by atoms with Crippen LogP contribution < -0.4 is 17.0 Å². The highest BCUT2D eigenvalue weighted by molar-refractivity contribution is 5.88. The second-order valence-corrected chi connectivity index (χ2v) is 8.60. The van der Waals surface area contributed by atoms with Crippen LogP contribution in [0.1, 0.15) is 46.4 Å². The second-order valence-electron chi connectivity index (χ2n) is 8.60. The number of fused-ring (bicyclic) bond motifs is 2. The smallest absolute Gasteiger partial charge is 0.419 e. The van der Waals surface area contributed by atoms with E-state index in [4.69, 9.17) is 9.15 Å². The van der Waals surface area contributed by atoms with Gasteiger partial charge in [-0.2, -0.15) is 13.2 Å². The molecule has 1 atom stereocenters. The van der Waals surface area contributed by atoms with Crippen molar-refractivity contribution in [3.8, 4) is 5.69 Å². The van der Waals surface area contributed by atoms with Crippen LogP contribution in [0.5, 0.6) is 0 Å². The fourth-order valence-corrected chi connectivity index (χ4v) is 4.82. The summed E-state index contributed by atoms with van der Waals surface area (Å²) in [5, 5.41) is 0. The van der Waals surface area contributed by atoms with E-state index < -0.39 is 46.3 Å². The topological polar surface area (TPSA) is 105 Å². The van der Waals surface area contributed by atoms with Crippen LogP contribution in [0.3, 0.4) is 0 Å². The minimum atomic E-state index is -4.60. The lowest BCUT2D eigenvalue weighted by Crippen LogP contribution is -2.44. The van der Waals surface area contributed by atoms with Crippen molar-refractivity contribution in [3.05, 3.63) is 96.2 Å². The average Bonchev–Trinajstić information content (AvgIpc) is 3.39. The lowest BCUT2D eigenvalue weighted by Gasteiger charge is -2.19. The van der Waals surface area contributed by atoms with Crippen LogP contribution in [0.2, 0.25) is 0 Å². The maximum atomic E-state index is 13.7. The molecule has 1 aliphatic rings. The molecule has 9 nitrogen and oxygen atoms in total. The number of oxazole rings is 1. The molecular formula is C25H20F3N3O6. The molecule has 2 heterocycles. The van der Waals surface area contributed by atoms with Crippen LogP contribution in [0.25, 0.3) is 16.8 Å². The number of nitrogens with zero attached hydrogens (tertiary/aromatic N) is 3. The minimum Gasteiger partial charge on any atom is -0.462 e. The zero-order valence-corrected chi connectivity index (χ0v) is 19.7. The van der Waals surface area contributed by atoms with Gasteiger partial charge in [-0.25, -0.2) is 14.4 Å². The summed E-state index contributed by atoms with van der Waals surface area (Å²) in [6, 6.07) is 7.02. The van der Waals surface area contributed by atoms with E-state index in [0.717, 1.165) is 21.4 Å². The van der Waals surface area contributed by atoms with Gasteiger partial charge in [0, 0.05) is 19.3 Å². The molecule has 0 radical (unpaired) electrons. The van der Waals surface area contributed by atoms with Crippen LogP contribution in [0, 0.1) is 0 Å². The van der Waals surface area contributed by atoms with Gasteiger partial charge in [-0.15, -0.1) is 0 Å². The number of rotatable bonds is 4. The highest BCUT2D eigenvalue weighted by Crippen LogP contribution is 2.41. The zero-order valence-electron chi connectivity index (χ0n) is 19.7. The first-order chi connectivity index (χ1) is 17.5. The molecule has 2 aromatic heterocycles.